The third-order valence-electron chi connectivity index (χ3n) is 4.27. The Kier molecular flexibility index (Phi) is 4.40. The molecule has 5 nitrogen and oxygen atoms in total. The lowest BCUT2D eigenvalue weighted by atomic mass is 9.69. The number of furan rings is 1. The largest absolute Gasteiger partial charge is 0.478 e. The maximum Gasteiger partial charge on any atom is 0.338 e. The summed E-state index contributed by atoms with van der Waals surface area (Å²) in [5, 5.41) is 11.9. The zero-order valence-electron chi connectivity index (χ0n) is 12.8. The van der Waals surface area contributed by atoms with Gasteiger partial charge < -0.3 is 14.8 Å². The SMILES string of the molecule is CC(C)(C)C1CCCCC1NC(=O)c1cc(C(=O)O)co1. The number of hydrogen-bond donors (Lipinski definition) is 2. The molecule has 1 heterocycles. The average Bonchev–Trinajstić information content (AvgIpc) is 2.88. The van der Waals surface area contributed by atoms with Crippen LogP contribution < -0.4 is 5.32 Å². The molecule has 0 radical (unpaired) electrons. The van der Waals surface area contributed by atoms with Gasteiger partial charge in [-0.25, -0.2) is 4.79 Å². The van der Waals surface area contributed by atoms with Gasteiger partial charge in [0.1, 0.15) is 6.26 Å². The molecule has 2 N–H and O–H groups in total. The summed E-state index contributed by atoms with van der Waals surface area (Å²) >= 11 is 0. The van der Waals surface area contributed by atoms with E-state index < -0.39 is 5.97 Å². The van der Waals surface area contributed by atoms with E-state index in [2.05, 4.69) is 26.1 Å². The number of carbonyl (C=O) groups excluding carboxylic acids is 1. The number of nitrogens with one attached hydrogen (secondary N) is 1. The van der Waals surface area contributed by atoms with Gasteiger partial charge in [-0.2, -0.15) is 0 Å². The molecule has 1 aromatic heterocycles. The van der Waals surface area contributed by atoms with Gasteiger partial charge in [0, 0.05) is 12.1 Å². The van der Waals surface area contributed by atoms with Crippen molar-refractivity contribution in [1.82, 2.24) is 5.32 Å². The van der Waals surface area contributed by atoms with Crippen LogP contribution in [0, 0.1) is 11.3 Å². The highest BCUT2D eigenvalue weighted by Crippen LogP contribution is 2.38. The van der Waals surface area contributed by atoms with Crippen LogP contribution in [0.15, 0.2) is 16.7 Å². The monoisotopic (exact) mass is 293 g/mol. The highest BCUT2D eigenvalue weighted by atomic mass is 16.4. The second-order valence-electron chi connectivity index (χ2n) is 6.84. The number of amides is 1. The summed E-state index contributed by atoms with van der Waals surface area (Å²) in [5.41, 5.74) is 0.129. The molecule has 0 saturated heterocycles. The van der Waals surface area contributed by atoms with Crippen molar-refractivity contribution in [2.24, 2.45) is 11.3 Å². The predicted octanol–water partition coefficient (Wildman–Crippen LogP) is 3.31. The summed E-state index contributed by atoms with van der Waals surface area (Å²) in [5.74, 6) is -0.943. The molecule has 2 unspecified atom stereocenters. The molecule has 1 aliphatic rings. The van der Waals surface area contributed by atoms with Gasteiger partial charge in [0.25, 0.3) is 5.91 Å². The molecule has 1 aliphatic carbocycles. The Morgan fingerprint density at radius 3 is 2.52 bits per heavy atom. The Hall–Kier alpha value is -1.78. The highest BCUT2D eigenvalue weighted by molar-refractivity contribution is 5.95. The lowest BCUT2D eigenvalue weighted by molar-refractivity contribution is 0.0695. The van der Waals surface area contributed by atoms with Crippen LogP contribution in [0.25, 0.3) is 0 Å². The fourth-order valence-electron chi connectivity index (χ4n) is 3.15. The third kappa shape index (κ3) is 3.65. The maximum absolute atomic E-state index is 12.2. The van der Waals surface area contributed by atoms with Gasteiger partial charge >= 0.3 is 5.97 Å². The molecule has 1 saturated carbocycles. The molecule has 0 aromatic carbocycles. The number of hydrogen-bond acceptors (Lipinski definition) is 3. The van der Waals surface area contributed by atoms with Gasteiger partial charge in [0.05, 0.1) is 5.56 Å². The number of carboxylic acid groups (broad SMARTS) is 1. The van der Waals surface area contributed by atoms with Crippen molar-refractivity contribution in [3.8, 4) is 0 Å². The lowest BCUT2D eigenvalue weighted by Gasteiger charge is -2.40. The molecule has 116 valence electrons. The van der Waals surface area contributed by atoms with E-state index in [9.17, 15) is 9.59 Å². The maximum atomic E-state index is 12.2. The van der Waals surface area contributed by atoms with Crippen LogP contribution in [-0.4, -0.2) is 23.0 Å². The van der Waals surface area contributed by atoms with Crippen molar-refractivity contribution in [2.45, 2.75) is 52.5 Å². The first-order valence-electron chi connectivity index (χ1n) is 7.41. The fraction of sp³-hybridized carbons (Fsp3) is 0.625. The minimum absolute atomic E-state index is 0.00355. The van der Waals surface area contributed by atoms with Gasteiger partial charge in [-0.05, 0) is 24.2 Å². The molecular weight excluding hydrogens is 270 g/mol. The predicted molar refractivity (Wildman–Crippen MR) is 78.3 cm³/mol. The second-order valence-corrected chi connectivity index (χ2v) is 6.84. The second kappa shape index (κ2) is 5.92. The normalized spacial score (nSPS) is 22.8. The van der Waals surface area contributed by atoms with Crippen molar-refractivity contribution in [2.75, 3.05) is 0 Å². The first-order valence-corrected chi connectivity index (χ1v) is 7.41. The van der Waals surface area contributed by atoms with Crippen molar-refractivity contribution < 1.29 is 19.1 Å². The van der Waals surface area contributed by atoms with Gasteiger partial charge in [-0.15, -0.1) is 0 Å². The first-order chi connectivity index (χ1) is 9.79. The molecule has 5 heteroatoms. The Morgan fingerprint density at radius 1 is 1.29 bits per heavy atom. The topological polar surface area (TPSA) is 79.5 Å². The summed E-state index contributed by atoms with van der Waals surface area (Å²) < 4.78 is 5.06. The van der Waals surface area contributed by atoms with Crippen molar-refractivity contribution in [1.29, 1.82) is 0 Å². The van der Waals surface area contributed by atoms with E-state index in [4.69, 9.17) is 9.52 Å². The van der Waals surface area contributed by atoms with E-state index in [1.807, 2.05) is 0 Å². The molecule has 0 spiro atoms. The van der Waals surface area contributed by atoms with Gasteiger partial charge in [-0.3, -0.25) is 4.79 Å². The van der Waals surface area contributed by atoms with E-state index in [1.165, 1.54) is 12.5 Å². The molecule has 1 aromatic rings. The molecule has 0 aliphatic heterocycles. The van der Waals surface area contributed by atoms with Crippen molar-refractivity contribution in [3.05, 3.63) is 23.7 Å². The van der Waals surface area contributed by atoms with Crippen LogP contribution in [0.1, 0.15) is 67.4 Å². The number of carbonyl (C=O) groups is 2. The molecular formula is C16H23NO4. The summed E-state index contributed by atoms with van der Waals surface area (Å²) in [7, 11) is 0. The van der Waals surface area contributed by atoms with Crippen LogP contribution in [0.4, 0.5) is 0 Å². The van der Waals surface area contributed by atoms with Crippen LogP contribution in [0.2, 0.25) is 0 Å². The quantitative estimate of drug-likeness (QED) is 0.896. The van der Waals surface area contributed by atoms with Gasteiger partial charge in [0.15, 0.2) is 5.76 Å². The summed E-state index contributed by atoms with van der Waals surface area (Å²) in [6.07, 6.45) is 5.46. The van der Waals surface area contributed by atoms with Crippen molar-refractivity contribution >= 4 is 11.9 Å². The average molecular weight is 293 g/mol. The summed E-state index contributed by atoms with van der Waals surface area (Å²) in [6, 6.07) is 1.39. The minimum atomic E-state index is -1.09. The fourth-order valence-corrected chi connectivity index (χ4v) is 3.15. The Balaban J connectivity index is 2.07. The molecule has 2 rings (SSSR count). The Morgan fingerprint density at radius 2 is 1.95 bits per heavy atom. The number of carboxylic acids is 1. The van der Waals surface area contributed by atoms with E-state index >= 15 is 0 Å². The van der Waals surface area contributed by atoms with Crippen LogP contribution in [-0.2, 0) is 0 Å². The zero-order valence-corrected chi connectivity index (χ0v) is 12.8. The number of rotatable bonds is 3. The van der Waals surface area contributed by atoms with Crippen LogP contribution in [0.3, 0.4) is 0 Å². The zero-order chi connectivity index (χ0) is 15.6. The minimum Gasteiger partial charge on any atom is -0.478 e. The third-order valence-corrected chi connectivity index (χ3v) is 4.27. The molecule has 2 atom stereocenters. The summed E-state index contributed by atoms with van der Waals surface area (Å²) in [6.45, 7) is 6.58. The molecule has 21 heavy (non-hydrogen) atoms. The van der Waals surface area contributed by atoms with Crippen LogP contribution >= 0.6 is 0 Å². The Bertz CT molecular complexity index is 527. The van der Waals surface area contributed by atoms with Gasteiger partial charge in [-0.1, -0.05) is 33.6 Å². The van der Waals surface area contributed by atoms with Crippen LogP contribution in [0.5, 0.6) is 0 Å². The lowest BCUT2D eigenvalue weighted by Crippen LogP contribution is -2.46. The van der Waals surface area contributed by atoms with Gasteiger partial charge in [0.2, 0.25) is 0 Å². The van der Waals surface area contributed by atoms with Crippen molar-refractivity contribution in [3.63, 3.8) is 0 Å². The van der Waals surface area contributed by atoms with E-state index in [0.717, 1.165) is 25.5 Å². The Labute approximate surface area is 124 Å². The molecule has 1 fully saturated rings. The highest BCUT2D eigenvalue weighted by Gasteiger charge is 2.35. The van der Waals surface area contributed by atoms with E-state index in [1.54, 1.807) is 0 Å². The first kappa shape index (κ1) is 15.6. The smallest absolute Gasteiger partial charge is 0.338 e. The standard InChI is InChI=1S/C16H23NO4/c1-16(2,3)11-6-4-5-7-12(11)17-14(18)13-8-10(9-21-13)15(19)20/h8-9,11-12H,4-7H2,1-3H3,(H,17,18)(H,19,20). The molecule has 0 bridgehead atoms. The number of aromatic carboxylic acids is 1. The van der Waals surface area contributed by atoms with E-state index in [0.29, 0.717) is 5.92 Å². The summed E-state index contributed by atoms with van der Waals surface area (Å²) in [4.78, 5) is 23.0. The molecule has 1 amide bonds. The van der Waals surface area contributed by atoms with E-state index in [-0.39, 0.29) is 28.7 Å².